The van der Waals surface area contributed by atoms with Crippen LogP contribution in [0.2, 0.25) is 25.7 Å². The molecule has 4 aliphatic heterocycles. The number of carbonyl (C=O) groups is 5. The number of nitrogens with zero attached hydrogens (tertiary/aromatic N) is 5. The van der Waals surface area contributed by atoms with Gasteiger partial charge in [0.2, 0.25) is 0 Å². The number of fused-ring (bicyclic) bond motifs is 6. The fraction of sp³-hybridized carbons (Fsp3) is 0.389. The third-order valence-corrected chi connectivity index (χ3v) is 15.0. The average Bonchev–Trinajstić information content (AvgIpc) is 3.54. The van der Waals surface area contributed by atoms with E-state index in [2.05, 4.69) is 32.8 Å². The van der Waals surface area contributed by atoms with Gasteiger partial charge in [0, 0.05) is 46.3 Å². The molecule has 2 atom stereocenters. The van der Waals surface area contributed by atoms with E-state index in [9.17, 15) is 24.0 Å². The molecule has 0 radical (unpaired) electrons. The van der Waals surface area contributed by atoms with E-state index in [1.54, 1.807) is 34.1 Å². The van der Waals surface area contributed by atoms with Gasteiger partial charge in [0.15, 0.2) is 23.0 Å². The maximum absolute atomic E-state index is 14.6. The highest BCUT2D eigenvalue weighted by molar-refractivity contribution is 6.76. The Bertz CT molecular complexity index is 2720. The highest BCUT2D eigenvalue weighted by atomic mass is 28.3. The number of anilines is 2. The molecule has 72 heavy (non-hydrogen) atoms. The van der Waals surface area contributed by atoms with Crippen molar-refractivity contribution in [1.82, 2.24) is 14.7 Å². The van der Waals surface area contributed by atoms with Gasteiger partial charge in [0.25, 0.3) is 17.7 Å². The molecule has 380 valence electrons. The molecule has 5 amide bonds. The molecule has 0 saturated carbocycles. The molecule has 0 bridgehead atoms. The first-order valence-corrected chi connectivity index (χ1v) is 27.9. The molecule has 4 aliphatic rings. The number of carbonyl (C=O) groups excluding carboxylic acids is 5. The molecule has 0 spiro atoms. The predicted molar refractivity (Wildman–Crippen MR) is 273 cm³/mol. The molecule has 17 nitrogen and oxygen atoms in total. The molecule has 0 unspecified atom stereocenters. The van der Waals surface area contributed by atoms with Crippen LogP contribution < -0.4 is 28.7 Å². The van der Waals surface area contributed by atoms with Crippen LogP contribution in [0.5, 0.6) is 23.0 Å². The lowest BCUT2D eigenvalue weighted by atomic mass is 9.93. The first kappa shape index (κ1) is 51.1. The fourth-order valence-corrected chi connectivity index (χ4v) is 10.1. The lowest BCUT2D eigenvalue weighted by molar-refractivity contribution is -0.124. The summed E-state index contributed by atoms with van der Waals surface area (Å²) >= 11 is 0. The number of methoxy groups -OCH3 is 2. The summed E-state index contributed by atoms with van der Waals surface area (Å²) in [6, 6.07) is 21.9. The monoisotopic (exact) mass is 1000 g/mol. The number of amides is 5. The van der Waals surface area contributed by atoms with Gasteiger partial charge in [0.05, 0.1) is 62.4 Å². The SMILES string of the molecule is C=CCOC(=O)N(CCOc1cc2c(cc1OC)C(=O)N1Cc3ccccc3C[C@H]1CN2C(=O)OCC=C)CCOc1cc2c(cc1OC)C(=O)N1Cc3ccccc3C[C@H]1C(=O)N2COCC[Si](C)(C)C. The van der Waals surface area contributed by atoms with Gasteiger partial charge in [-0.3, -0.25) is 24.2 Å². The minimum atomic E-state index is -1.46. The van der Waals surface area contributed by atoms with Crippen molar-refractivity contribution < 1.29 is 57.1 Å². The van der Waals surface area contributed by atoms with Crippen LogP contribution in [-0.2, 0) is 44.9 Å². The quantitative estimate of drug-likeness (QED) is 0.0511. The van der Waals surface area contributed by atoms with Crippen molar-refractivity contribution in [3.05, 3.63) is 131 Å². The summed E-state index contributed by atoms with van der Waals surface area (Å²) < 4.78 is 41.4. The molecule has 18 heteroatoms. The van der Waals surface area contributed by atoms with Gasteiger partial charge in [-0.15, -0.1) is 0 Å². The fourth-order valence-electron chi connectivity index (χ4n) is 9.39. The summed E-state index contributed by atoms with van der Waals surface area (Å²) in [5, 5.41) is 0. The van der Waals surface area contributed by atoms with E-state index in [-0.39, 0.29) is 123 Å². The van der Waals surface area contributed by atoms with Crippen molar-refractivity contribution in [3.63, 3.8) is 0 Å². The lowest BCUT2D eigenvalue weighted by Gasteiger charge is -2.36. The highest BCUT2D eigenvalue weighted by Crippen LogP contribution is 2.42. The number of rotatable bonds is 19. The van der Waals surface area contributed by atoms with Gasteiger partial charge in [0.1, 0.15) is 39.2 Å². The van der Waals surface area contributed by atoms with Crippen molar-refractivity contribution in [2.45, 2.75) is 63.7 Å². The minimum absolute atomic E-state index is 0.00415. The molecular formula is C54H63N5O12Si. The van der Waals surface area contributed by atoms with Crippen LogP contribution in [0.25, 0.3) is 0 Å². The van der Waals surface area contributed by atoms with Gasteiger partial charge in [-0.25, -0.2) is 9.59 Å². The second kappa shape index (κ2) is 22.4. The van der Waals surface area contributed by atoms with E-state index in [0.29, 0.717) is 31.7 Å². The Labute approximate surface area is 421 Å². The summed E-state index contributed by atoms with van der Waals surface area (Å²) in [4.78, 5) is 78.5. The van der Waals surface area contributed by atoms with E-state index in [1.807, 2.05) is 48.5 Å². The summed E-state index contributed by atoms with van der Waals surface area (Å²) in [7, 11) is 1.46. The van der Waals surface area contributed by atoms with Gasteiger partial charge in [-0.1, -0.05) is 93.5 Å². The minimum Gasteiger partial charge on any atom is -0.493 e. The highest BCUT2D eigenvalue weighted by Gasteiger charge is 2.44. The molecule has 4 aromatic carbocycles. The first-order chi connectivity index (χ1) is 34.7. The second-order valence-corrected chi connectivity index (χ2v) is 24.8. The Kier molecular flexibility index (Phi) is 15.9. The Morgan fingerprint density at radius 1 is 0.694 bits per heavy atom. The van der Waals surface area contributed by atoms with Crippen LogP contribution in [0.3, 0.4) is 0 Å². The molecule has 0 saturated heterocycles. The Hall–Kier alpha value is -7.31. The van der Waals surface area contributed by atoms with Gasteiger partial charge in [-0.2, -0.15) is 0 Å². The van der Waals surface area contributed by atoms with Gasteiger partial charge in [-0.05, 0) is 46.9 Å². The van der Waals surface area contributed by atoms with Crippen LogP contribution in [0.15, 0.2) is 98.1 Å². The van der Waals surface area contributed by atoms with E-state index >= 15 is 0 Å². The van der Waals surface area contributed by atoms with Crippen LogP contribution >= 0.6 is 0 Å². The number of ether oxygens (including phenoxy) is 7. The van der Waals surface area contributed by atoms with Crippen LogP contribution in [-0.4, -0.2) is 138 Å². The maximum Gasteiger partial charge on any atom is 0.414 e. The Balaban J connectivity index is 1.02. The summed E-state index contributed by atoms with van der Waals surface area (Å²) in [6.45, 7) is 15.1. The maximum atomic E-state index is 14.6. The molecule has 0 aliphatic carbocycles. The lowest BCUT2D eigenvalue weighted by Crippen LogP contribution is -2.51. The van der Waals surface area contributed by atoms with Crippen molar-refractivity contribution >= 4 is 49.4 Å². The average molecular weight is 1000 g/mol. The second-order valence-electron chi connectivity index (χ2n) is 19.2. The molecule has 0 fully saturated rings. The third kappa shape index (κ3) is 11.1. The first-order valence-electron chi connectivity index (χ1n) is 24.2. The predicted octanol–water partition coefficient (Wildman–Crippen LogP) is 7.72. The van der Waals surface area contributed by atoms with Crippen LogP contribution in [0.1, 0.15) is 43.0 Å². The van der Waals surface area contributed by atoms with Crippen molar-refractivity contribution in [2.75, 3.05) is 83.4 Å². The van der Waals surface area contributed by atoms with E-state index in [4.69, 9.17) is 33.2 Å². The molecule has 0 aromatic heterocycles. The smallest absolute Gasteiger partial charge is 0.414 e. The molecule has 4 aromatic rings. The molecule has 0 N–H and O–H groups in total. The summed E-state index contributed by atoms with van der Waals surface area (Å²) in [5.74, 6) is 0.102. The zero-order valence-corrected chi connectivity index (χ0v) is 42.7. The molecule has 8 rings (SSSR count). The van der Waals surface area contributed by atoms with Gasteiger partial charge >= 0.3 is 12.2 Å². The number of hydrogen-bond donors (Lipinski definition) is 0. The van der Waals surface area contributed by atoms with E-state index < -0.39 is 26.3 Å². The van der Waals surface area contributed by atoms with Gasteiger partial charge < -0.3 is 47.9 Å². The summed E-state index contributed by atoms with van der Waals surface area (Å²) in [6.07, 6.45) is 2.52. The molecular weight excluding hydrogens is 939 g/mol. The van der Waals surface area contributed by atoms with E-state index in [1.165, 1.54) is 41.1 Å². The number of benzene rings is 4. The standard InChI is InChI=1S/C54H63N5O12Si/c1-8-20-70-53(63)55(18-22-68-48-30-43-41(28-46(48)65-3)50(60)56-32-38-16-12-10-14-36(38)26-40(56)34-58(43)54(64)71-21-9-2)19-23-69-49-31-44-42(29-47(49)66-4)51(61)57-33-39-17-13-11-15-37(39)27-45(57)52(62)59(44)35-67-24-25-72(5,6)7/h8-17,28-31,40,45H,1-2,18-27,32-35H2,3-7H3/t40-,45-/m0/s1. The number of hydrogen-bond acceptors (Lipinski definition) is 12. The molecule has 4 heterocycles. The van der Waals surface area contributed by atoms with Crippen molar-refractivity contribution in [2.24, 2.45) is 0 Å². The zero-order valence-electron chi connectivity index (χ0n) is 41.7. The normalized spacial score (nSPS) is 16.9. The Morgan fingerprint density at radius 3 is 1.83 bits per heavy atom. The Morgan fingerprint density at radius 2 is 1.24 bits per heavy atom. The van der Waals surface area contributed by atoms with Crippen molar-refractivity contribution in [1.29, 1.82) is 0 Å². The topological polar surface area (TPSA) is 166 Å². The third-order valence-electron chi connectivity index (χ3n) is 13.3. The van der Waals surface area contributed by atoms with E-state index in [0.717, 1.165) is 28.3 Å². The van der Waals surface area contributed by atoms with Crippen molar-refractivity contribution in [3.8, 4) is 23.0 Å². The zero-order chi connectivity index (χ0) is 51.1. The summed E-state index contributed by atoms with van der Waals surface area (Å²) in [5.41, 5.74) is 5.26. The van der Waals surface area contributed by atoms with Crippen LogP contribution in [0.4, 0.5) is 21.0 Å². The van der Waals surface area contributed by atoms with Crippen LogP contribution in [0, 0.1) is 0 Å². The largest absolute Gasteiger partial charge is 0.493 e.